The predicted molar refractivity (Wildman–Crippen MR) is 247 cm³/mol. The number of rotatable bonds is 5. The van der Waals surface area contributed by atoms with Crippen LogP contribution in [0.15, 0.2) is 182 Å². The van der Waals surface area contributed by atoms with Crippen LogP contribution in [0.1, 0.15) is 85.0 Å². The molecule has 0 radical (unpaired) electrons. The van der Waals surface area contributed by atoms with Gasteiger partial charge in [-0.05, 0) is 120 Å². The molecule has 5 heteroatoms. The lowest BCUT2D eigenvalue weighted by atomic mass is 9.77. The number of aryl methyl sites for hydroxylation is 1. The van der Waals surface area contributed by atoms with E-state index in [1.54, 1.807) is 0 Å². The maximum absolute atomic E-state index is 6.74. The maximum atomic E-state index is 6.74. The van der Waals surface area contributed by atoms with Crippen LogP contribution in [0.4, 0.5) is 28.4 Å². The Kier molecular flexibility index (Phi) is 7.46. The van der Waals surface area contributed by atoms with E-state index in [4.69, 9.17) is 8.83 Å². The lowest BCUT2D eigenvalue weighted by molar-refractivity contribution is 0.459. The van der Waals surface area contributed by atoms with Crippen molar-refractivity contribution in [1.82, 2.24) is 0 Å². The van der Waals surface area contributed by atoms with Crippen LogP contribution in [0.2, 0.25) is 0 Å². The standard InChI is InChI=1S/C55H44N2O2S/c1-55(2)45-15-7-3-11-39(45)40-29-21-34(31-46(40)55)33-19-22-35(23-20-33)56(38-28-30-42-41-12-4-8-16-47(41)58-49(42)32-38)36-24-26-37(27-25-36)57-51-43-13-5-9-17-48(43)59-53(51)54-52(57)44-14-6-10-18-50(44)60-54/h4-6,8,10-16,18-20,22-32,34,52,54H,3,7,9,17,21H2,1-2H3. The van der Waals surface area contributed by atoms with E-state index in [1.807, 2.05) is 17.8 Å². The van der Waals surface area contributed by atoms with Gasteiger partial charge in [0.25, 0.3) is 0 Å². The molecule has 292 valence electrons. The first-order chi connectivity index (χ1) is 29.5. The summed E-state index contributed by atoms with van der Waals surface area (Å²) in [6, 6.07) is 42.6. The number of nitrogens with zero attached hydrogens (tertiary/aromatic N) is 2. The van der Waals surface area contributed by atoms with E-state index < -0.39 is 0 Å². The van der Waals surface area contributed by atoms with Crippen LogP contribution in [-0.2, 0) is 6.42 Å². The van der Waals surface area contributed by atoms with Crippen LogP contribution in [-0.4, -0.2) is 0 Å². The van der Waals surface area contributed by atoms with Crippen LogP contribution in [0.25, 0.3) is 28.0 Å². The van der Waals surface area contributed by atoms with Gasteiger partial charge in [-0.2, -0.15) is 0 Å². The second kappa shape index (κ2) is 12.9. The van der Waals surface area contributed by atoms with Crippen molar-refractivity contribution in [2.24, 2.45) is 5.41 Å². The van der Waals surface area contributed by atoms with Crippen LogP contribution in [0, 0.1) is 5.41 Å². The average molecular weight is 797 g/mol. The Morgan fingerprint density at radius 1 is 0.700 bits per heavy atom. The van der Waals surface area contributed by atoms with Gasteiger partial charge in [0.15, 0.2) is 0 Å². The molecule has 7 aromatic rings. The van der Waals surface area contributed by atoms with Gasteiger partial charge >= 0.3 is 0 Å². The number of para-hydroxylation sites is 1. The SMILES string of the molecule is CC1(C)C2=CCCC=C2C2=CCC(c3ccc(N(c4ccc(N5c6c(oc7c6C=CCC7)C6Sc7ccccc7C65)cc4)c4ccc5c(c4)oc4ccccc45)cc3)C=C21. The number of hydrogen-bond donors (Lipinski definition) is 0. The molecular weight excluding hydrogens is 753 g/mol. The van der Waals surface area contributed by atoms with E-state index >= 15 is 0 Å². The normalized spacial score (nSPS) is 21.7. The fourth-order valence-corrected chi connectivity index (χ4v) is 12.6. The van der Waals surface area contributed by atoms with E-state index in [2.05, 4.69) is 169 Å². The Hall–Kier alpha value is -6.17. The summed E-state index contributed by atoms with van der Waals surface area (Å²) in [7, 11) is 0. The van der Waals surface area contributed by atoms with E-state index in [-0.39, 0.29) is 16.7 Å². The number of furan rings is 2. The lowest BCUT2D eigenvalue weighted by Gasteiger charge is -2.30. The molecule has 2 aromatic heterocycles. The zero-order valence-corrected chi connectivity index (χ0v) is 34.6. The Morgan fingerprint density at radius 3 is 2.33 bits per heavy atom. The van der Waals surface area contributed by atoms with Crippen molar-refractivity contribution in [3.63, 3.8) is 0 Å². The highest BCUT2D eigenvalue weighted by molar-refractivity contribution is 8.00. The Morgan fingerprint density at radius 2 is 1.45 bits per heavy atom. The number of benzene rings is 5. The fraction of sp³-hybridized carbons (Fsp3) is 0.200. The van der Waals surface area contributed by atoms with Crippen molar-refractivity contribution >= 4 is 68.2 Å². The lowest BCUT2D eigenvalue weighted by Crippen LogP contribution is -2.20. The molecule has 1 fully saturated rings. The molecule has 4 aliphatic carbocycles. The minimum atomic E-state index is 0.0418. The number of anilines is 5. The van der Waals surface area contributed by atoms with Gasteiger partial charge in [-0.15, -0.1) is 11.8 Å². The first-order valence-corrected chi connectivity index (χ1v) is 22.5. The topological polar surface area (TPSA) is 32.8 Å². The molecule has 0 saturated heterocycles. The first kappa shape index (κ1) is 34.7. The molecule has 2 aliphatic heterocycles. The predicted octanol–water partition coefficient (Wildman–Crippen LogP) is 15.7. The summed E-state index contributed by atoms with van der Waals surface area (Å²) in [5.74, 6) is 2.58. The minimum Gasteiger partial charge on any atom is -0.462 e. The second-order valence-corrected chi connectivity index (χ2v) is 18.9. The van der Waals surface area contributed by atoms with Crippen molar-refractivity contribution < 1.29 is 8.83 Å². The highest BCUT2D eigenvalue weighted by Crippen LogP contribution is 2.66. The van der Waals surface area contributed by atoms with Crippen LogP contribution >= 0.6 is 11.8 Å². The Bertz CT molecular complexity index is 3100. The fourth-order valence-electron chi connectivity index (χ4n) is 11.2. The quantitative estimate of drug-likeness (QED) is 0.173. The molecular formula is C55H44N2O2S. The third kappa shape index (κ3) is 4.99. The van der Waals surface area contributed by atoms with Crippen molar-refractivity contribution in [3.8, 4) is 0 Å². The van der Waals surface area contributed by atoms with Gasteiger partial charge < -0.3 is 18.6 Å². The smallest absolute Gasteiger partial charge is 0.144 e. The number of fused-ring (bicyclic) bond motifs is 13. The van der Waals surface area contributed by atoms with Gasteiger partial charge in [-0.3, -0.25) is 0 Å². The first-order valence-electron chi connectivity index (χ1n) is 21.6. The Labute approximate surface area is 354 Å². The summed E-state index contributed by atoms with van der Waals surface area (Å²) >= 11 is 1.95. The largest absolute Gasteiger partial charge is 0.462 e. The van der Waals surface area contributed by atoms with Crippen molar-refractivity contribution in [3.05, 3.63) is 196 Å². The molecule has 3 atom stereocenters. The molecule has 5 aromatic carbocycles. The molecule has 6 aliphatic rings. The van der Waals surface area contributed by atoms with Gasteiger partial charge in [0.2, 0.25) is 0 Å². The summed E-state index contributed by atoms with van der Waals surface area (Å²) in [4.78, 5) is 6.29. The summed E-state index contributed by atoms with van der Waals surface area (Å²) in [6.07, 6.45) is 19.9. The molecule has 0 bridgehead atoms. The third-order valence-electron chi connectivity index (χ3n) is 14.0. The van der Waals surface area contributed by atoms with Gasteiger partial charge in [0.1, 0.15) is 22.7 Å². The number of allylic oxidation sites excluding steroid dienone is 9. The van der Waals surface area contributed by atoms with E-state index in [1.165, 1.54) is 55.3 Å². The molecule has 4 nitrogen and oxygen atoms in total. The molecule has 13 rings (SSSR count). The third-order valence-corrected chi connectivity index (χ3v) is 15.4. The highest BCUT2D eigenvalue weighted by atomic mass is 32.2. The van der Waals surface area contributed by atoms with Gasteiger partial charge in [-0.1, -0.05) is 98.8 Å². The summed E-state index contributed by atoms with van der Waals surface area (Å²) in [6.45, 7) is 4.82. The van der Waals surface area contributed by atoms with Crippen LogP contribution in [0.3, 0.4) is 0 Å². The van der Waals surface area contributed by atoms with Gasteiger partial charge in [0, 0.05) is 67.8 Å². The van der Waals surface area contributed by atoms with E-state index in [0.717, 1.165) is 82.6 Å². The van der Waals surface area contributed by atoms with E-state index in [0.29, 0.717) is 5.92 Å². The number of thioether (sulfide) groups is 1. The van der Waals surface area contributed by atoms with E-state index in [9.17, 15) is 0 Å². The molecule has 60 heavy (non-hydrogen) atoms. The van der Waals surface area contributed by atoms with Crippen LogP contribution in [0.5, 0.6) is 0 Å². The molecule has 3 unspecified atom stereocenters. The molecule has 1 saturated carbocycles. The monoisotopic (exact) mass is 796 g/mol. The Balaban J connectivity index is 0.897. The highest BCUT2D eigenvalue weighted by Gasteiger charge is 2.50. The van der Waals surface area contributed by atoms with Crippen LogP contribution < -0.4 is 9.80 Å². The summed E-state index contributed by atoms with van der Waals surface area (Å²) in [5.41, 5.74) is 17.5. The average Bonchev–Trinajstić information content (AvgIpc) is 4.08. The molecule has 0 amide bonds. The number of hydrogen-bond acceptors (Lipinski definition) is 5. The molecule has 4 heterocycles. The summed E-state index contributed by atoms with van der Waals surface area (Å²) < 4.78 is 13.2. The second-order valence-electron chi connectivity index (χ2n) is 17.7. The molecule has 0 N–H and O–H groups in total. The van der Waals surface area contributed by atoms with Gasteiger partial charge in [-0.25, -0.2) is 0 Å². The van der Waals surface area contributed by atoms with Crippen molar-refractivity contribution in [2.45, 2.75) is 68.1 Å². The minimum absolute atomic E-state index is 0.0418. The van der Waals surface area contributed by atoms with Crippen molar-refractivity contribution in [2.75, 3.05) is 9.80 Å². The summed E-state index contributed by atoms with van der Waals surface area (Å²) in [5, 5.41) is 2.49. The zero-order chi connectivity index (χ0) is 39.7. The zero-order valence-electron chi connectivity index (χ0n) is 33.8. The van der Waals surface area contributed by atoms with Crippen molar-refractivity contribution in [1.29, 1.82) is 0 Å². The molecule has 0 spiro atoms. The maximum Gasteiger partial charge on any atom is 0.144 e. The van der Waals surface area contributed by atoms with Gasteiger partial charge in [0.05, 0.1) is 17.0 Å².